The van der Waals surface area contributed by atoms with E-state index < -0.39 is 0 Å². The molecule has 1 amide bonds. The minimum absolute atomic E-state index is 0.0147. The molecule has 5 rings (SSSR count). The smallest absolute Gasteiger partial charge is 0.232 e. The van der Waals surface area contributed by atoms with Crippen molar-refractivity contribution in [1.29, 1.82) is 0 Å². The Morgan fingerprint density at radius 3 is 2.81 bits per heavy atom. The van der Waals surface area contributed by atoms with Gasteiger partial charge in [0, 0.05) is 36.2 Å². The number of aromatic nitrogens is 1. The van der Waals surface area contributed by atoms with Crippen molar-refractivity contribution in [2.24, 2.45) is 0 Å². The third-order valence-corrected chi connectivity index (χ3v) is 5.38. The standard InChI is InChI=1S/C21H18N2O4/c24-17-5-1-4-16-21(17)15(13-6-7-18-19(9-13)27-12-26-18)10-20(25)23(16)14-3-2-8-22-11-14/h2-3,6-9,11,15H,1,4-5,10,12H2. The highest BCUT2D eigenvalue weighted by Gasteiger charge is 2.40. The molecular formula is C21H18N2O4. The Bertz CT molecular complexity index is 967. The van der Waals surface area contributed by atoms with E-state index >= 15 is 0 Å². The Labute approximate surface area is 156 Å². The van der Waals surface area contributed by atoms with Gasteiger partial charge in [0.05, 0.1) is 11.9 Å². The van der Waals surface area contributed by atoms with E-state index in [-0.39, 0.29) is 30.8 Å². The van der Waals surface area contributed by atoms with Crippen LogP contribution in [-0.2, 0) is 9.59 Å². The molecule has 1 aliphatic carbocycles. The van der Waals surface area contributed by atoms with Gasteiger partial charge in [-0.2, -0.15) is 0 Å². The number of ether oxygens (including phenoxy) is 2. The number of ketones is 1. The molecule has 3 heterocycles. The zero-order chi connectivity index (χ0) is 18.4. The molecule has 1 aromatic heterocycles. The maximum absolute atomic E-state index is 13.1. The summed E-state index contributed by atoms with van der Waals surface area (Å²) in [6.45, 7) is 0.198. The van der Waals surface area contributed by atoms with Crippen molar-refractivity contribution in [3.05, 3.63) is 59.6 Å². The summed E-state index contributed by atoms with van der Waals surface area (Å²) in [7, 11) is 0. The molecule has 3 aliphatic rings. The van der Waals surface area contributed by atoms with Gasteiger partial charge in [-0.25, -0.2) is 0 Å². The summed E-state index contributed by atoms with van der Waals surface area (Å²) < 4.78 is 10.9. The summed E-state index contributed by atoms with van der Waals surface area (Å²) in [4.78, 5) is 31.8. The first-order valence-electron chi connectivity index (χ1n) is 9.11. The Morgan fingerprint density at radius 1 is 1.07 bits per heavy atom. The van der Waals surface area contributed by atoms with Gasteiger partial charge in [-0.3, -0.25) is 19.5 Å². The molecule has 136 valence electrons. The summed E-state index contributed by atoms with van der Waals surface area (Å²) in [5, 5.41) is 0. The van der Waals surface area contributed by atoms with E-state index in [0.29, 0.717) is 30.0 Å². The molecule has 0 bridgehead atoms. The largest absolute Gasteiger partial charge is 0.454 e. The predicted octanol–water partition coefficient (Wildman–Crippen LogP) is 3.34. The minimum Gasteiger partial charge on any atom is -0.454 e. The lowest BCUT2D eigenvalue weighted by Gasteiger charge is -2.38. The van der Waals surface area contributed by atoms with E-state index in [4.69, 9.17) is 9.47 Å². The van der Waals surface area contributed by atoms with Crippen molar-refractivity contribution in [3.8, 4) is 11.5 Å². The molecule has 0 fully saturated rings. The molecule has 1 atom stereocenters. The van der Waals surface area contributed by atoms with Crippen LogP contribution in [-0.4, -0.2) is 23.5 Å². The molecule has 6 heteroatoms. The summed E-state index contributed by atoms with van der Waals surface area (Å²) in [6, 6.07) is 9.33. The average Bonchev–Trinajstić information content (AvgIpc) is 3.16. The summed E-state index contributed by atoms with van der Waals surface area (Å²) in [5.74, 6) is 1.23. The number of Topliss-reactive ketones (excluding diaryl/α,β-unsaturated/α-hetero) is 1. The van der Waals surface area contributed by atoms with Gasteiger partial charge in [-0.05, 0) is 42.7 Å². The lowest BCUT2D eigenvalue weighted by Crippen LogP contribution is -2.40. The fraction of sp³-hybridized carbons (Fsp3) is 0.286. The van der Waals surface area contributed by atoms with Crippen LogP contribution < -0.4 is 14.4 Å². The Morgan fingerprint density at radius 2 is 1.96 bits per heavy atom. The maximum atomic E-state index is 13.1. The van der Waals surface area contributed by atoms with Crippen LogP contribution in [0.2, 0.25) is 0 Å². The van der Waals surface area contributed by atoms with Gasteiger partial charge < -0.3 is 9.47 Å². The Hall–Kier alpha value is -3.15. The number of pyridine rings is 1. The quantitative estimate of drug-likeness (QED) is 0.820. The number of benzene rings is 1. The second-order valence-electron chi connectivity index (χ2n) is 6.95. The number of amides is 1. The topological polar surface area (TPSA) is 68.7 Å². The summed E-state index contributed by atoms with van der Waals surface area (Å²) in [6.07, 6.45) is 5.59. The zero-order valence-electron chi connectivity index (χ0n) is 14.7. The van der Waals surface area contributed by atoms with Gasteiger partial charge in [0.25, 0.3) is 0 Å². The minimum atomic E-state index is -0.247. The van der Waals surface area contributed by atoms with Crippen LogP contribution in [0.3, 0.4) is 0 Å². The van der Waals surface area contributed by atoms with E-state index in [1.807, 2.05) is 24.3 Å². The number of carbonyl (C=O) groups excluding carboxylic acids is 2. The van der Waals surface area contributed by atoms with Crippen molar-refractivity contribution >= 4 is 17.4 Å². The van der Waals surface area contributed by atoms with E-state index in [2.05, 4.69) is 4.98 Å². The number of nitrogens with zero attached hydrogens (tertiary/aromatic N) is 2. The van der Waals surface area contributed by atoms with E-state index in [0.717, 1.165) is 23.3 Å². The van der Waals surface area contributed by atoms with Crippen molar-refractivity contribution in [1.82, 2.24) is 4.98 Å². The van der Waals surface area contributed by atoms with Crippen molar-refractivity contribution in [2.75, 3.05) is 11.7 Å². The van der Waals surface area contributed by atoms with Crippen LogP contribution in [0.1, 0.15) is 37.2 Å². The molecule has 27 heavy (non-hydrogen) atoms. The Kier molecular flexibility index (Phi) is 3.70. The van der Waals surface area contributed by atoms with Crippen molar-refractivity contribution < 1.29 is 19.1 Å². The molecule has 6 nitrogen and oxygen atoms in total. The average molecular weight is 362 g/mol. The van der Waals surface area contributed by atoms with Crippen LogP contribution in [0.5, 0.6) is 11.5 Å². The van der Waals surface area contributed by atoms with Crippen LogP contribution in [0, 0.1) is 0 Å². The summed E-state index contributed by atoms with van der Waals surface area (Å²) in [5.41, 5.74) is 3.21. The van der Waals surface area contributed by atoms with E-state index in [9.17, 15) is 9.59 Å². The Balaban J connectivity index is 1.63. The molecule has 1 aromatic carbocycles. The molecule has 0 saturated heterocycles. The van der Waals surface area contributed by atoms with Crippen LogP contribution in [0.15, 0.2) is 54.0 Å². The fourth-order valence-corrected chi connectivity index (χ4v) is 4.19. The zero-order valence-corrected chi connectivity index (χ0v) is 14.7. The second-order valence-corrected chi connectivity index (χ2v) is 6.95. The molecule has 1 unspecified atom stereocenters. The number of carbonyl (C=O) groups is 2. The van der Waals surface area contributed by atoms with Crippen LogP contribution >= 0.6 is 0 Å². The first-order chi connectivity index (χ1) is 13.2. The number of hydrogen-bond acceptors (Lipinski definition) is 5. The number of rotatable bonds is 2. The lowest BCUT2D eigenvalue weighted by atomic mass is 9.77. The van der Waals surface area contributed by atoms with Gasteiger partial charge in [0.2, 0.25) is 12.7 Å². The first-order valence-corrected chi connectivity index (χ1v) is 9.11. The monoisotopic (exact) mass is 362 g/mol. The van der Waals surface area contributed by atoms with Gasteiger partial charge >= 0.3 is 0 Å². The highest BCUT2D eigenvalue weighted by atomic mass is 16.7. The van der Waals surface area contributed by atoms with Crippen molar-refractivity contribution in [3.63, 3.8) is 0 Å². The number of fused-ring (bicyclic) bond motifs is 1. The molecule has 0 radical (unpaired) electrons. The van der Waals surface area contributed by atoms with Gasteiger partial charge in [0.1, 0.15) is 0 Å². The third-order valence-electron chi connectivity index (χ3n) is 5.38. The van der Waals surface area contributed by atoms with Crippen LogP contribution in [0.4, 0.5) is 5.69 Å². The molecule has 0 spiro atoms. The van der Waals surface area contributed by atoms with Crippen molar-refractivity contribution in [2.45, 2.75) is 31.6 Å². The molecule has 2 aliphatic heterocycles. The molecular weight excluding hydrogens is 344 g/mol. The van der Waals surface area contributed by atoms with E-state index in [1.54, 1.807) is 23.4 Å². The molecule has 0 N–H and O–H groups in total. The van der Waals surface area contributed by atoms with Gasteiger partial charge in [-0.1, -0.05) is 6.07 Å². The normalized spacial score (nSPS) is 21.5. The van der Waals surface area contributed by atoms with Crippen LogP contribution in [0.25, 0.3) is 0 Å². The lowest BCUT2D eigenvalue weighted by molar-refractivity contribution is -0.119. The molecule has 2 aromatic rings. The predicted molar refractivity (Wildman–Crippen MR) is 97.5 cm³/mol. The highest BCUT2D eigenvalue weighted by Crippen LogP contribution is 2.45. The molecule has 0 saturated carbocycles. The highest BCUT2D eigenvalue weighted by molar-refractivity contribution is 6.07. The SMILES string of the molecule is O=C1CCCC2=C1C(c1ccc3c(c1)OCO3)CC(=O)N2c1cccnc1. The van der Waals surface area contributed by atoms with Gasteiger partial charge in [0.15, 0.2) is 17.3 Å². The van der Waals surface area contributed by atoms with Gasteiger partial charge in [-0.15, -0.1) is 0 Å². The number of anilines is 1. The number of allylic oxidation sites excluding steroid dienone is 2. The number of hydrogen-bond donors (Lipinski definition) is 0. The maximum Gasteiger partial charge on any atom is 0.232 e. The second kappa shape index (κ2) is 6.23. The fourth-order valence-electron chi connectivity index (χ4n) is 4.19. The summed E-state index contributed by atoms with van der Waals surface area (Å²) >= 11 is 0. The first kappa shape index (κ1) is 16.1. The van der Waals surface area contributed by atoms with E-state index in [1.165, 1.54) is 0 Å². The third kappa shape index (κ3) is 2.60.